The molecule has 0 saturated heterocycles. The van der Waals surface area contributed by atoms with Gasteiger partial charge < -0.3 is 4.79 Å². The predicted molar refractivity (Wildman–Crippen MR) is 105 cm³/mol. The number of thioether (sulfide) groups is 1. The fourth-order valence-corrected chi connectivity index (χ4v) is 5.44. The molecular formula is C22H19NO2S. The summed E-state index contributed by atoms with van der Waals surface area (Å²) in [5, 5.41) is 3.51. The maximum Gasteiger partial charge on any atom is 0.252 e. The number of carbonyl (C=O) groups excluding carboxylic acids is 1. The average molecular weight is 361 g/mol. The molecule has 1 saturated carbocycles. The van der Waals surface area contributed by atoms with E-state index in [1.54, 1.807) is 22.4 Å². The Labute approximate surface area is 156 Å². The Balaban J connectivity index is 1.67. The number of hydrogen-bond acceptors (Lipinski definition) is 3. The SMILES string of the molecule is O=C[C@@H]1CSc2c(C3CC3)c(Cc3cccc4ccccc34)cc(=O)n21. The van der Waals surface area contributed by atoms with E-state index in [1.807, 2.05) is 0 Å². The molecule has 1 aromatic heterocycles. The van der Waals surface area contributed by atoms with Gasteiger partial charge in [-0.15, -0.1) is 11.8 Å². The van der Waals surface area contributed by atoms with Crippen molar-refractivity contribution in [3.8, 4) is 0 Å². The normalized spacial score (nSPS) is 18.8. The molecule has 1 aliphatic carbocycles. The van der Waals surface area contributed by atoms with Crippen LogP contribution in [0.1, 0.15) is 41.5 Å². The Morgan fingerprint density at radius 3 is 2.69 bits per heavy atom. The quantitative estimate of drug-likeness (QED) is 0.650. The second kappa shape index (κ2) is 6.13. The molecule has 4 heteroatoms. The van der Waals surface area contributed by atoms with Gasteiger partial charge in [-0.25, -0.2) is 0 Å². The van der Waals surface area contributed by atoms with Crippen LogP contribution in [-0.2, 0) is 11.2 Å². The largest absolute Gasteiger partial charge is 0.301 e. The lowest BCUT2D eigenvalue weighted by Crippen LogP contribution is -2.25. The topological polar surface area (TPSA) is 39.1 Å². The van der Waals surface area contributed by atoms with Gasteiger partial charge in [0.25, 0.3) is 5.56 Å². The lowest BCUT2D eigenvalue weighted by molar-refractivity contribution is -0.110. The molecular weight excluding hydrogens is 342 g/mol. The van der Waals surface area contributed by atoms with Crippen LogP contribution < -0.4 is 5.56 Å². The fourth-order valence-electron chi connectivity index (χ4n) is 4.07. The smallest absolute Gasteiger partial charge is 0.252 e. The molecule has 2 heterocycles. The summed E-state index contributed by atoms with van der Waals surface area (Å²) in [4.78, 5) is 24.1. The number of benzene rings is 2. The van der Waals surface area contributed by atoms with E-state index >= 15 is 0 Å². The number of pyridine rings is 1. The summed E-state index contributed by atoms with van der Waals surface area (Å²) < 4.78 is 1.72. The number of nitrogens with zero attached hydrogens (tertiary/aromatic N) is 1. The van der Waals surface area contributed by atoms with Crippen molar-refractivity contribution in [1.29, 1.82) is 0 Å². The van der Waals surface area contributed by atoms with Crippen LogP contribution in [0.15, 0.2) is 58.4 Å². The molecule has 0 radical (unpaired) electrons. The van der Waals surface area contributed by atoms with E-state index in [0.29, 0.717) is 11.7 Å². The minimum atomic E-state index is -0.313. The Morgan fingerprint density at radius 1 is 1.08 bits per heavy atom. The summed E-state index contributed by atoms with van der Waals surface area (Å²) >= 11 is 1.67. The predicted octanol–water partition coefficient (Wildman–Crippen LogP) is 4.32. The van der Waals surface area contributed by atoms with Gasteiger partial charge in [-0.1, -0.05) is 42.5 Å². The number of rotatable bonds is 4. The highest BCUT2D eigenvalue weighted by Gasteiger charge is 2.35. The zero-order valence-electron chi connectivity index (χ0n) is 14.4. The van der Waals surface area contributed by atoms with E-state index in [1.165, 1.54) is 34.7 Å². The Kier molecular flexibility index (Phi) is 3.75. The first kappa shape index (κ1) is 15.9. The molecule has 5 rings (SSSR count). The van der Waals surface area contributed by atoms with Gasteiger partial charge >= 0.3 is 0 Å². The van der Waals surface area contributed by atoms with Crippen molar-refractivity contribution in [3.63, 3.8) is 0 Å². The molecule has 0 spiro atoms. The summed E-state index contributed by atoms with van der Waals surface area (Å²) in [6, 6.07) is 16.2. The Hall–Kier alpha value is -2.33. The van der Waals surface area contributed by atoms with Crippen LogP contribution in [-0.4, -0.2) is 16.6 Å². The van der Waals surface area contributed by atoms with E-state index in [4.69, 9.17) is 0 Å². The highest BCUT2D eigenvalue weighted by Crippen LogP contribution is 2.48. The number of aldehydes is 1. The summed E-state index contributed by atoms with van der Waals surface area (Å²) in [6.07, 6.45) is 4.04. The fraction of sp³-hybridized carbons (Fsp3) is 0.273. The van der Waals surface area contributed by atoms with Gasteiger partial charge in [0.15, 0.2) is 0 Å². The molecule has 1 atom stereocenters. The van der Waals surface area contributed by atoms with E-state index in [-0.39, 0.29) is 11.6 Å². The van der Waals surface area contributed by atoms with E-state index in [0.717, 1.165) is 23.3 Å². The van der Waals surface area contributed by atoms with Crippen molar-refractivity contribution in [1.82, 2.24) is 4.57 Å². The molecule has 3 nitrogen and oxygen atoms in total. The van der Waals surface area contributed by atoms with Crippen molar-refractivity contribution in [3.05, 3.63) is 75.6 Å². The average Bonchev–Trinajstić information content (AvgIpc) is 3.40. The molecule has 0 N–H and O–H groups in total. The van der Waals surface area contributed by atoms with Crippen LogP contribution in [0.25, 0.3) is 10.8 Å². The third kappa shape index (κ3) is 2.52. The zero-order chi connectivity index (χ0) is 17.7. The van der Waals surface area contributed by atoms with Crippen molar-refractivity contribution in [2.45, 2.75) is 36.2 Å². The number of fused-ring (bicyclic) bond motifs is 2. The van der Waals surface area contributed by atoms with Gasteiger partial charge in [-0.2, -0.15) is 0 Å². The standard InChI is InChI=1S/C22H19NO2S/c24-12-18-13-26-22-21(15-8-9-15)17(11-20(25)23(18)22)10-16-6-3-5-14-4-1-2-7-19(14)16/h1-7,11-12,15,18H,8-10,13H2/t18-/m1/s1. The van der Waals surface area contributed by atoms with Gasteiger partial charge in [0, 0.05) is 11.8 Å². The maximum absolute atomic E-state index is 12.7. The first-order valence-electron chi connectivity index (χ1n) is 9.09. The molecule has 2 aromatic carbocycles. The Morgan fingerprint density at radius 2 is 1.88 bits per heavy atom. The number of aromatic nitrogens is 1. The van der Waals surface area contributed by atoms with Crippen LogP contribution in [0.3, 0.4) is 0 Å². The third-order valence-electron chi connectivity index (χ3n) is 5.46. The Bertz CT molecular complexity index is 1080. The molecule has 0 bridgehead atoms. The second-order valence-electron chi connectivity index (χ2n) is 7.20. The van der Waals surface area contributed by atoms with Crippen molar-refractivity contribution < 1.29 is 4.79 Å². The van der Waals surface area contributed by atoms with Crippen LogP contribution >= 0.6 is 11.8 Å². The molecule has 26 heavy (non-hydrogen) atoms. The van der Waals surface area contributed by atoms with Gasteiger partial charge in [-0.3, -0.25) is 9.36 Å². The van der Waals surface area contributed by atoms with Crippen molar-refractivity contribution >= 4 is 28.8 Å². The second-order valence-corrected chi connectivity index (χ2v) is 8.21. The van der Waals surface area contributed by atoms with E-state index in [2.05, 4.69) is 42.5 Å². The van der Waals surface area contributed by atoms with Gasteiger partial charge in [0.05, 0.1) is 5.03 Å². The molecule has 1 fully saturated rings. The maximum atomic E-state index is 12.7. The summed E-state index contributed by atoms with van der Waals surface area (Å²) in [7, 11) is 0. The summed E-state index contributed by atoms with van der Waals surface area (Å²) in [5.41, 5.74) is 3.66. The van der Waals surface area contributed by atoms with Crippen LogP contribution in [0.4, 0.5) is 0 Å². The minimum Gasteiger partial charge on any atom is -0.301 e. The lowest BCUT2D eigenvalue weighted by Gasteiger charge is -2.16. The molecule has 0 amide bonds. The molecule has 0 unspecified atom stereocenters. The lowest BCUT2D eigenvalue weighted by atomic mass is 9.95. The minimum absolute atomic E-state index is 0.0401. The van der Waals surface area contributed by atoms with Crippen LogP contribution in [0, 0.1) is 0 Å². The third-order valence-corrected chi connectivity index (χ3v) is 6.65. The highest BCUT2D eigenvalue weighted by atomic mass is 32.2. The molecule has 3 aromatic rings. The van der Waals surface area contributed by atoms with Crippen LogP contribution in [0.5, 0.6) is 0 Å². The number of carbonyl (C=O) groups is 1. The van der Waals surface area contributed by atoms with Crippen LogP contribution in [0.2, 0.25) is 0 Å². The highest BCUT2D eigenvalue weighted by molar-refractivity contribution is 7.99. The zero-order valence-corrected chi connectivity index (χ0v) is 15.2. The monoisotopic (exact) mass is 361 g/mol. The summed E-state index contributed by atoms with van der Waals surface area (Å²) in [5.74, 6) is 1.22. The van der Waals surface area contributed by atoms with Crippen molar-refractivity contribution in [2.75, 3.05) is 5.75 Å². The first-order valence-corrected chi connectivity index (χ1v) is 10.1. The van der Waals surface area contributed by atoms with E-state index < -0.39 is 0 Å². The van der Waals surface area contributed by atoms with E-state index in [9.17, 15) is 9.59 Å². The van der Waals surface area contributed by atoms with Gasteiger partial charge in [0.1, 0.15) is 12.3 Å². The molecule has 2 aliphatic rings. The van der Waals surface area contributed by atoms with Gasteiger partial charge in [-0.05, 0) is 52.6 Å². The molecule has 130 valence electrons. The van der Waals surface area contributed by atoms with Gasteiger partial charge in [0.2, 0.25) is 0 Å². The summed E-state index contributed by atoms with van der Waals surface area (Å²) in [6.45, 7) is 0. The molecule has 1 aliphatic heterocycles. The first-order chi connectivity index (χ1) is 12.8. The van der Waals surface area contributed by atoms with Crippen molar-refractivity contribution in [2.24, 2.45) is 0 Å². The number of hydrogen-bond donors (Lipinski definition) is 0.